The van der Waals surface area contributed by atoms with Gasteiger partial charge in [-0.2, -0.15) is 13.2 Å². The highest BCUT2D eigenvalue weighted by atomic mass is 32.1. The molecule has 0 saturated carbocycles. The van der Waals surface area contributed by atoms with Crippen LogP contribution in [0.1, 0.15) is 25.8 Å². The average molecular weight is 408 g/mol. The monoisotopic (exact) mass is 408 g/mol. The molecule has 2 heterocycles. The van der Waals surface area contributed by atoms with Crippen molar-refractivity contribution in [1.82, 2.24) is 0 Å². The van der Waals surface area contributed by atoms with Gasteiger partial charge in [-0.05, 0) is 65.8 Å². The Bertz CT molecular complexity index is 1220. The molecular weight excluding hydrogens is 397 g/mol. The Balaban J connectivity index is 1.49. The molecule has 5 heteroatoms. The summed E-state index contributed by atoms with van der Waals surface area (Å²) in [4.78, 5) is 2.72. The van der Waals surface area contributed by atoms with E-state index in [2.05, 4.69) is 41.9 Å². The van der Waals surface area contributed by atoms with Gasteiger partial charge in [-0.25, -0.2) is 0 Å². The molecule has 0 radical (unpaired) electrons. The van der Waals surface area contributed by atoms with Gasteiger partial charge in [0.05, 0.1) is 20.2 Å². The molecule has 0 aliphatic carbocycles. The Kier molecular flexibility index (Phi) is 4.96. The van der Waals surface area contributed by atoms with Crippen LogP contribution in [0.5, 0.6) is 0 Å². The number of rotatable bonds is 0. The van der Waals surface area contributed by atoms with Crippen LogP contribution in [0.3, 0.4) is 0 Å². The minimum atomic E-state index is -4.33. The number of benzene rings is 2. The lowest BCUT2D eigenvalue weighted by Crippen LogP contribution is -2.04. The number of thiophene rings is 2. The second-order valence-corrected chi connectivity index (χ2v) is 8.06. The lowest BCUT2D eigenvalue weighted by Gasteiger charge is -2.05. The van der Waals surface area contributed by atoms with Gasteiger partial charge in [0, 0.05) is 10.3 Å². The maximum absolute atomic E-state index is 12.6. The van der Waals surface area contributed by atoms with Crippen molar-refractivity contribution in [1.29, 1.82) is 0 Å². The molecule has 0 aliphatic rings. The summed E-state index contributed by atoms with van der Waals surface area (Å²) >= 11 is 3.12. The summed E-state index contributed by atoms with van der Waals surface area (Å²) in [6.07, 6.45) is -4.33. The maximum atomic E-state index is 12.6. The first-order chi connectivity index (χ1) is 13.5. The first-order valence-electron chi connectivity index (χ1n) is 8.27. The van der Waals surface area contributed by atoms with Crippen LogP contribution in [0.4, 0.5) is 13.2 Å². The lowest BCUT2D eigenvalue weighted by molar-refractivity contribution is -0.137. The van der Waals surface area contributed by atoms with Crippen LogP contribution in [0.25, 0.3) is 10.1 Å². The van der Waals surface area contributed by atoms with E-state index in [9.17, 15) is 13.2 Å². The summed E-state index contributed by atoms with van der Waals surface area (Å²) in [5.41, 5.74) is -0.132. The molecule has 0 saturated heterocycles. The summed E-state index contributed by atoms with van der Waals surface area (Å²) in [5.74, 6) is 12.2. The molecule has 0 spiro atoms. The smallest absolute Gasteiger partial charge is 0.166 e. The number of hydrogen-bond acceptors (Lipinski definition) is 2. The summed E-state index contributed by atoms with van der Waals surface area (Å²) < 4.78 is 39.0. The molecule has 0 aliphatic heterocycles. The molecule has 0 nitrogen and oxygen atoms in total. The third-order valence-electron chi connectivity index (χ3n) is 3.88. The largest absolute Gasteiger partial charge is 0.416 e. The van der Waals surface area contributed by atoms with Crippen LogP contribution < -0.4 is 0 Å². The van der Waals surface area contributed by atoms with Gasteiger partial charge >= 0.3 is 6.18 Å². The van der Waals surface area contributed by atoms with Crippen molar-refractivity contribution in [2.24, 2.45) is 0 Å². The molecule has 136 valence electrons. The van der Waals surface area contributed by atoms with Gasteiger partial charge in [0.25, 0.3) is 0 Å². The summed E-state index contributed by atoms with van der Waals surface area (Å²) in [7, 11) is 0. The van der Waals surface area contributed by atoms with E-state index in [0.717, 1.165) is 26.8 Å². The SMILES string of the molecule is FC(F)(F)c1ccc(C#Cc2ccc(C#Cc3cc4ccccc4s3)s2)cc1. The molecule has 0 N–H and O–H groups in total. The highest BCUT2D eigenvalue weighted by molar-refractivity contribution is 7.19. The topological polar surface area (TPSA) is 0 Å². The van der Waals surface area contributed by atoms with Gasteiger partial charge in [0.2, 0.25) is 0 Å². The lowest BCUT2D eigenvalue weighted by atomic mass is 10.1. The minimum absolute atomic E-state index is 0.541. The normalized spacial score (nSPS) is 10.8. The van der Waals surface area contributed by atoms with Crippen molar-refractivity contribution < 1.29 is 13.2 Å². The van der Waals surface area contributed by atoms with E-state index in [0.29, 0.717) is 5.56 Å². The molecular formula is C23H11F3S2. The Morgan fingerprint density at radius 2 is 1.29 bits per heavy atom. The second kappa shape index (κ2) is 7.56. The zero-order valence-electron chi connectivity index (χ0n) is 14.3. The van der Waals surface area contributed by atoms with Crippen molar-refractivity contribution >= 4 is 32.8 Å². The van der Waals surface area contributed by atoms with Gasteiger partial charge in [0.15, 0.2) is 0 Å². The second-order valence-electron chi connectivity index (χ2n) is 5.89. The van der Waals surface area contributed by atoms with E-state index in [4.69, 9.17) is 0 Å². The molecule has 4 rings (SSSR count). The number of hydrogen-bond donors (Lipinski definition) is 0. The Morgan fingerprint density at radius 1 is 0.643 bits per heavy atom. The molecule has 0 atom stereocenters. The van der Waals surface area contributed by atoms with Crippen molar-refractivity contribution in [3.63, 3.8) is 0 Å². The van der Waals surface area contributed by atoms with Crippen molar-refractivity contribution in [2.45, 2.75) is 6.18 Å². The van der Waals surface area contributed by atoms with Crippen LogP contribution in [-0.4, -0.2) is 0 Å². The van der Waals surface area contributed by atoms with Gasteiger partial charge in [-0.1, -0.05) is 30.0 Å². The standard InChI is InChI=1S/C23H11F3S2/c24-23(25,26)18-8-5-16(6-9-18)7-10-19-11-12-20(27-19)13-14-21-15-17-3-1-2-4-22(17)28-21/h1-6,8-9,11-12,15H. The molecule has 0 bridgehead atoms. The van der Waals surface area contributed by atoms with Crippen molar-refractivity contribution in [2.75, 3.05) is 0 Å². The number of halogens is 3. The minimum Gasteiger partial charge on any atom is -0.166 e. The zero-order chi connectivity index (χ0) is 19.6. The number of alkyl halides is 3. The van der Waals surface area contributed by atoms with Crippen molar-refractivity contribution in [3.8, 4) is 23.7 Å². The molecule has 0 unspecified atom stereocenters. The molecule has 0 amide bonds. The van der Waals surface area contributed by atoms with Crippen LogP contribution in [0.2, 0.25) is 0 Å². The van der Waals surface area contributed by atoms with E-state index in [-0.39, 0.29) is 0 Å². The quantitative estimate of drug-likeness (QED) is 0.281. The predicted octanol–water partition coefficient (Wildman–Crippen LogP) is 6.78. The fourth-order valence-electron chi connectivity index (χ4n) is 2.52. The van der Waals surface area contributed by atoms with E-state index >= 15 is 0 Å². The van der Waals surface area contributed by atoms with E-state index in [1.54, 1.807) is 11.3 Å². The molecule has 0 fully saturated rings. The number of fused-ring (bicyclic) bond motifs is 1. The first kappa shape index (κ1) is 18.4. The third-order valence-corrected chi connectivity index (χ3v) is 5.83. The van der Waals surface area contributed by atoms with Gasteiger partial charge in [-0.3, -0.25) is 0 Å². The van der Waals surface area contributed by atoms with E-state index < -0.39 is 11.7 Å². The highest BCUT2D eigenvalue weighted by Crippen LogP contribution is 2.29. The zero-order valence-corrected chi connectivity index (χ0v) is 15.9. The van der Waals surface area contributed by atoms with E-state index in [1.165, 1.54) is 33.6 Å². The summed E-state index contributed by atoms with van der Waals surface area (Å²) in [6.45, 7) is 0. The van der Waals surface area contributed by atoms with Crippen LogP contribution >= 0.6 is 22.7 Å². The predicted molar refractivity (Wildman–Crippen MR) is 110 cm³/mol. The molecule has 28 heavy (non-hydrogen) atoms. The Morgan fingerprint density at radius 3 is 1.96 bits per heavy atom. The van der Waals surface area contributed by atoms with Crippen LogP contribution in [0.15, 0.2) is 66.7 Å². The Labute approximate surface area is 168 Å². The average Bonchev–Trinajstić information content (AvgIpc) is 3.30. The fraction of sp³-hybridized carbons (Fsp3) is 0.0435. The van der Waals surface area contributed by atoms with Gasteiger partial charge < -0.3 is 0 Å². The van der Waals surface area contributed by atoms with Gasteiger partial charge in [0.1, 0.15) is 0 Å². The fourth-order valence-corrected chi connectivity index (χ4v) is 4.14. The van der Waals surface area contributed by atoms with Crippen LogP contribution in [-0.2, 0) is 6.18 Å². The first-order valence-corrected chi connectivity index (χ1v) is 9.90. The van der Waals surface area contributed by atoms with Crippen LogP contribution in [0, 0.1) is 23.7 Å². The van der Waals surface area contributed by atoms with E-state index in [1.807, 2.05) is 24.3 Å². The maximum Gasteiger partial charge on any atom is 0.416 e. The summed E-state index contributed by atoms with van der Waals surface area (Å²) in [6, 6.07) is 18.9. The molecule has 2 aromatic carbocycles. The molecule has 2 aromatic heterocycles. The summed E-state index contributed by atoms with van der Waals surface area (Å²) in [5, 5.41) is 1.19. The van der Waals surface area contributed by atoms with Gasteiger partial charge in [-0.15, -0.1) is 22.7 Å². The Hall–Kier alpha value is -2.99. The highest BCUT2D eigenvalue weighted by Gasteiger charge is 2.29. The van der Waals surface area contributed by atoms with Crippen molar-refractivity contribution in [3.05, 3.63) is 92.5 Å². The third kappa shape index (κ3) is 4.28. The molecule has 4 aromatic rings.